The number of allylic oxidation sites excluding steroid dienone is 1. The van der Waals surface area contributed by atoms with Gasteiger partial charge in [-0.3, -0.25) is 9.59 Å². The molecule has 0 aliphatic carbocycles. The van der Waals surface area contributed by atoms with Gasteiger partial charge in [0.1, 0.15) is 0 Å². The molecule has 0 radical (unpaired) electrons. The summed E-state index contributed by atoms with van der Waals surface area (Å²) in [5, 5.41) is 0.133. The van der Waals surface area contributed by atoms with Crippen molar-refractivity contribution in [2.75, 3.05) is 0 Å². The molecule has 1 heterocycles. The molecule has 0 atom stereocenters. The van der Waals surface area contributed by atoms with Crippen LogP contribution in [0.15, 0.2) is 59.2 Å². The van der Waals surface area contributed by atoms with Crippen molar-refractivity contribution in [3.63, 3.8) is 0 Å². The number of fused-ring (bicyclic) bond motifs is 1. The van der Waals surface area contributed by atoms with E-state index in [1.165, 1.54) is 18.2 Å². The van der Waals surface area contributed by atoms with Gasteiger partial charge in [-0.15, -0.1) is 0 Å². The van der Waals surface area contributed by atoms with Crippen molar-refractivity contribution in [2.24, 2.45) is 0 Å². The van der Waals surface area contributed by atoms with Crippen LogP contribution in [-0.2, 0) is 0 Å². The van der Waals surface area contributed by atoms with Crippen molar-refractivity contribution in [3.8, 4) is 0 Å². The average Bonchev–Trinajstić information content (AvgIpc) is 3.02. The monoisotopic (exact) mass is 421 g/mol. The molecule has 1 aromatic heterocycles. The van der Waals surface area contributed by atoms with Crippen LogP contribution in [0.25, 0.3) is 17.0 Å². The summed E-state index contributed by atoms with van der Waals surface area (Å²) in [6, 6.07) is 11.7. The molecular formula is C19H11BrF3NO2. The van der Waals surface area contributed by atoms with E-state index in [2.05, 4.69) is 20.9 Å². The van der Waals surface area contributed by atoms with Gasteiger partial charge in [0.25, 0.3) is 5.78 Å². The molecule has 0 unspecified atom stereocenters. The number of H-pyrrole nitrogens is 1. The maximum atomic E-state index is 12.7. The van der Waals surface area contributed by atoms with E-state index in [0.717, 1.165) is 6.20 Å². The van der Waals surface area contributed by atoms with Crippen LogP contribution in [0.4, 0.5) is 13.2 Å². The van der Waals surface area contributed by atoms with E-state index in [1.54, 1.807) is 36.4 Å². The van der Waals surface area contributed by atoms with E-state index in [0.29, 0.717) is 21.1 Å². The lowest BCUT2D eigenvalue weighted by molar-refractivity contribution is -0.0884. The number of carbonyl (C=O) groups excluding carboxylic acids is 2. The summed E-state index contributed by atoms with van der Waals surface area (Å²) in [5.74, 6) is -2.16. The van der Waals surface area contributed by atoms with Crippen LogP contribution >= 0.6 is 15.9 Å². The molecule has 0 aliphatic rings. The fourth-order valence-electron chi connectivity index (χ4n) is 2.56. The predicted molar refractivity (Wildman–Crippen MR) is 96.2 cm³/mol. The molecule has 26 heavy (non-hydrogen) atoms. The van der Waals surface area contributed by atoms with Crippen molar-refractivity contribution < 1.29 is 22.8 Å². The molecule has 0 amide bonds. The fourth-order valence-corrected chi connectivity index (χ4v) is 3.04. The first-order chi connectivity index (χ1) is 12.3. The minimum atomic E-state index is -4.96. The Bertz CT molecular complexity index is 1020. The van der Waals surface area contributed by atoms with Gasteiger partial charge in [-0.1, -0.05) is 46.3 Å². The Balaban J connectivity index is 2.02. The number of hydrogen-bond donors (Lipinski definition) is 1. The summed E-state index contributed by atoms with van der Waals surface area (Å²) in [6.07, 6.45) is -1.09. The van der Waals surface area contributed by atoms with Crippen LogP contribution in [0, 0.1) is 0 Å². The van der Waals surface area contributed by atoms with Crippen LogP contribution in [0.3, 0.4) is 0 Å². The number of aromatic amines is 1. The average molecular weight is 422 g/mol. The summed E-state index contributed by atoms with van der Waals surface area (Å²) < 4.78 is 38.7. The minimum Gasteiger partial charge on any atom is -0.360 e. The second kappa shape index (κ2) is 6.92. The lowest BCUT2D eigenvalue weighted by Gasteiger charge is -2.05. The van der Waals surface area contributed by atoms with Gasteiger partial charge in [-0.25, -0.2) is 0 Å². The second-order valence-corrected chi connectivity index (χ2v) is 6.43. The lowest BCUT2D eigenvalue weighted by atomic mass is 10.0. The fraction of sp³-hybridized carbons (Fsp3) is 0.0526. The highest BCUT2D eigenvalue weighted by Crippen LogP contribution is 2.31. The van der Waals surface area contributed by atoms with Gasteiger partial charge in [-0.2, -0.15) is 13.2 Å². The molecule has 0 aliphatic heterocycles. The zero-order valence-electron chi connectivity index (χ0n) is 13.1. The van der Waals surface area contributed by atoms with E-state index in [9.17, 15) is 22.8 Å². The minimum absolute atomic E-state index is 0.133. The van der Waals surface area contributed by atoms with E-state index in [1.807, 2.05) is 0 Å². The SMILES string of the molecule is O=C(/C=C/c1cc(Br)cc2c(C(=O)C(F)(F)F)c[nH]c12)c1ccccc1. The zero-order chi connectivity index (χ0) is 18.9. The summed E-state index contributed by atoms with van der Waals surface area (Å²) in [6.45, 7) is 0. The van der Waals surface area contributed by atoms with Crippen molar-refractivity contribution in [1.29, 1.82) is 0 Å². The third-order valence-corrected chi connectivity index (χ3v) is 4.22. The molecule has 2 aromatic carbocycles. The molecule has 3 rings (SSSR count). The van der Waals surface area contributed by atoms with E-state index < -0.39 is 17.5 Å². The smallest absolute Gasteiger partial charge is 0.360 e. The van der Waals surface area contributed by atoms with Gasteiger partial charge in [0.15, 0.2) is 5.78 Å². The van der Waals surface area contributed by atoms with Gasteiger partial charge < -0.3 is 4.98 Å². The van der Waals surface area contributed by atoms with Crippen LogP contribution in [0.2, 0.25) is 0 Å². The summed E-state index contributed by atoms with van der Waals surface area (Å²) >= 11 is 3.23. The summed E-state index contributed by atoms with van der Waals surface area (Å²) in [4.78, 5) is 26.5. The Morgan fingerprint density at radius 1 is 1.08 bits per heavy atom. The summed E-state index contributed by atoms with van der Waals surface area (Å²) in [7, 11) is 0. The number of nitrogens with one attached hydrogen (secondary N) is 1. The van der Waals surface area contributed by atoms with E-state index in [4.69, 9.17) is 0 Å². The Labute approximate surface area is 154 Å². The molecule has 3 aromatic rings. The van der Waals surface area contributed by atoms with Gasteiger partial charge >= 0.3 is 6.18 Å². The van der Waals surface area contributed by atoms with Gasteiger partial charge in [0.05, 0.1) is 11.1 Å². The molecule has 1 N–H and O–H groups in total. The van der Waals surface area contributed by atoms with E-state index >= 15 is 0 Å². The Hall–Kier alpha value is -2.67. The molecule has 0 bridgehead atoms. The van der Waals surface area contributed by atoms with Gasteiger partial charge in [0, 0.05) is 21.6 Å². The first-order valence-corrected chi connectivity index (χ1v) is 8.26. The largest absolute Gasteiger partial charge is 0.454 e. The highest BCUT2D eigenvalue weighted by atomic mass is 79.9. The molecule has 0 fully saturated rings. The first-order valence-electron chi connectivity index (χ1n) is 7.47. The number of alkyl halides is 3. The number of ketones is 2. The predicted octanol–water partition coefficient (Wildman–Crippen LogP) is 5.57. The van der Waals surface area contributed by atoms with Crippen LogP contribution in [0.5, 0.6) is 0 Å². The highest BCUT2D eigenvalue weighted by Gasteiger charge is 2.40. The number of Topliss-reactive ketones (excluding diaryl/α,β-unsaturated/α-hetero) is 1. The van der Waals surface area contributed by atoms with Crippen LogP contribution in [-0.4, -0.2) is 22.7 Å². The third-order valence-electron chi connectivity index (χ3n) is 3.76. The molecule has 7 heteroatoms. The first kappa shape index (κ1) is 18.1. The third kappa shape index (κ3) is 3.62. The maximum absolute atomic E-state index is 12.7. The van der Waals surface area contributed by atoms with Crippen LogP contribution < -0.4 is 0 Å². The van der Waals surface area contributed by atoms with E-state index in [-0.39, 0.29) is 11.2 Å². The van der Waals surface area contributed by atoms with Crippen molar-refractivity contribution in [3.05, 3.63) is 75.9 Å². The van der Waals surface area contributed by atoms with Gasteiger partial charge in [-0.05, 0) is 29.8 Å². The Morgan fingerprint density at radius 2 is 1.77 bits per heavy atom. The van der Waals surface area contributed by atoms with Crippen LogP contribution in [0.1, 0.15) is 26.3 Å². The number of carbonyl (C=O) groups is 2. The molecule has 0 saturated heterocycles. The number of benzene rings is 2. The molecule has 0 spiro atoms. The second-order valence-electron chi connectivity index (χ2n) is 5.51. The quantitative estimate of drug-likeness (QED) is 0.442. The van der Waals surface area contributed by atoms with Crippen molar-refractivity contribution in [1.82, 2.24) is 4.98 Å². The highest BCUT2D eigenvalue weighted by molar-refractivity contribution is 9.10. The van der Waals surface area contributed by atoms with Gasteiger partial charge in [0.2, 0.25) is 0 Å². The summed E-state index contributed by atoms with van der Waals surface area (Å²) in [5.41, 5.74) is 0.866. The number of aromatic nitrogens is 1. The lowest BCUT2D eigenvalue weighted by Crippen LogP contribution is -2.22. The van der Waals surface area contributed by atoms with Crippen molar-refractivity contribution in [2.45, 2.75) is 6.18 Å². The maximum Gasteiger partial charge on any atom is 0.454 e. The van der Waals surface area contributed by atoms with Crippen molar-refractivity contribution >= 4 is 44.5 Å². The normalized spacial score (nSPS) is 12.0. The molecular weight excluding hydrogens is 411 g/mol. The molecule has 132 valence electrons. The number of rotatable bonds is 4. The zero-order valence-corrected chi connectivity index (χ0v) is 14.7. The number of halogens is 4. The molecule has 3 nitrogen and oxygen atoms in total. The topological polar surface area (TPSA) is 49.9 Å². The Morgan fingerprint density at radius 3 is 2.42 bits per heavy atom. The Kier molecular flexibility index (Phi) is 4.82. The molecule has 0 saturated carbocycles. The standard InChI is InChI=1S/C19H11BrF3NO2/c20-13-8-12(6-7-16(25)11-4-2-1-3-5-11)17-14(9-13)15(10-24-17)18(26)19(21,22)23/h1-10,24H/b7-6+. The number of hydrogen-bond acceptors (Lipinski definition) is 2.